The van der Waals surface area contributed by atoms with E-state index in [2.05, 4.69) is 48.7 Å². The predicted molar refractivity (Wildman–Crippen MR) is 107 cm³/mol. The molecular weight excluding hydrogens is 428 g/mol. The zero-order valence-corrected chi connectivity index (χ0v) is 19.6. The van der Waals surface area contributed by atoms with E-state index in [0.717, 1.165) is 46.7 Å². The minimum atomic E-state index is 0.146. The number of nitrogens with one attached hydrogen (secondary N) is 1. The molecule has 134 valence electrons. The highest BCUT2D eigenvalue weighted by Crippen LogP contribution is 2.65. The van der Waals surface area contributed by atoms with Gasteiger partial charge >= 0.3 is 16.6 Å². The van der Waals surface area contributed by atoms with Crippen molar-refractivity contribution in [3.8, 4) is 0 Å². The summed E-state index contributed by atoms with van der Waals surface area (Å²) in [6.45, 7) is 7.49. The third kappa shape index (κ3) is 2.55. The Labute approximate surface area is 168 Å². The molecular formula is C19H31AlINO2. The van der Waals surface area contributed by atoms with Crippen LogP contribution in [0.1, 0.15) is 59.3 Å². The second-order valence-electron chi connectivity index (χ2n) is 9.73. The summed E-state index contributed by atoms with van der Waals surface area (Å²) in [7, 11) is 0. The highest BCUT2D eigenvalue weighted by molar-refractivity contribution is 14.1. The van der Waals surface area contributed by atoms with E-state index in [-0.39, 0.29) is 15.2 Å². The molecule has 4 aliphatic rings. The van der Waals surface area contributed by atoms with Crippen molar-refractivity contribution in [1.29, 1.82) is 0 Å². The SMILES string of the molecule is C[C@H]1C[C@H]2NC(=O)[C@H](I)C[C@]2(C)C2CC[C@]3(C)C[C@@H]([O][AlH2])CC3C21. The lowest BCUT2D eigenvalue weighted by Gasteiger charge is -2.62. The van der Waals surface area contributed by atoms with E-state index in [4.69, 9.17) is 3.79 Å². The van der Waals surface area contributed by atoms with Crippen molar-refractivity contribution in [2.24, 2.45) is 34.5 Å². The quantitative estimate of drug-likeness (QED) is 0.372. The highest BCUT2D eigenvalue weighted by Gasteiger charge is 2.61. The van der Waals surface area contributed by atoms with E-state index in [1.165, 1.54) is 32.1 Å². The summed E-state index contributed by atoms with van der Waals surface area (Å²) >= 11 is 3.24. The molecule has 0 radical (unpaired) electrons. The van der Waals surface area contributed by atoms with Crippen LogP contribution < -0.4 is 5.32 Å². The van der Waals surface area contributed by atoms with Gasteiger partial charge in [0.1, 0.15) is 0 Å². The van der Waals surface area contributed by atoms with Crippen LogP contribution in [0.3, 0.4) is 0 Å². The number of hydrogen-bond donors (Lipinski definition) is 1. The smallest absolute Gasteiger partial charge is 0.410 e. The molecule has 0 aromatic rings. The van der Waals surface area contributed by atoms with Crippen molar-refractivity contribution in [3.63, 3.8) is 0 Å². The molecule has 3 nitrogen and oxygen atoms in total. The maximum absolute atomic E-state index is 12.2. The van der Waals surface area contributed by atoms with Crippen LogP contribution in [0.4, 0.5) is 0 Å². The first kappa shape index (κ1) is 18.1. The van der Waals surface area contributed by atoms with Gasteiger partial charge in [0.05, 0.1) is 3.92 Å². The Kier molecular flexibility index (Phi) is 4.60. The molecule has 9 atom stereocenters. The fourth-order valence-corrected chi connectivity index (χ4v) is 8.73. The van der Waals surface area contributed by atoms with E-state index < -0.39 is 0 Å². The number of rotatable bonds is 1. The molecule has 4 fully saturated rings. The summed E-state index contributed by atoms with van der Waals surface area (Å²) < 4.78 is 6.07. The Bertz CT molecular complexity index is 545. The van der Waals surface area contributed by atoms with E-state index in [1.807, 2.05) is 0 Å². The summed E-state index contributed by atoms with van der Waals surface area (Å²) in [5, 5.41) is 3.40. The molecule has 0 spiro atoms. The molecule has 24 heavy (non-hydrogen) atoms. The first-order valence-electron chi connectivity index (χ1n) is 9.76. The monoisotopic (exact) mass is 459 g/mol. The summed E-state index contributed by atoms with van der Waals surface area (Å²) in [5.74, 6) is 3.42. The molecule has 1 aliphatic heterocycles. The molecule has 0 aromatic carbocycles. The van der Waals surface area contributed by atoms with Crippen LogP contribution in [0.25, 0.3) is 0 Å². The molecule has 1 heterocycles. The Morgan fingerprint density at radius 2 is 2.00 bits per heavy atom. The molecule has 4 rings (SSSR count). The largest absolute Gasteiger partial charge is 0.504 e. The van der Waals surface area contributed by atoms with E-state index >= 15 is 0 Å². The van der Waals surface area contributed by atoms with Crippen molar-refractivity contribution >= 4 is 45.1 Å². The van der Waals surface area contributed by atoms with Crippen molar-refractivity contribution in [3.05, 3.63) is 0 Å². The minimum Gasteiger partial charge on any atom is -0.504 e. The highest BCUT2D eigenvalue weighted by atomic mass is 127. The van der Waals surface area contributed by atoms with Gasteiger partial charge in [-0.25, -0.2) is 0 Å². The number of carbonyl (C=O) groups is 1. The zero-order chi connectivity index (χ0) is 17.3. The summed E-state index contributed by atoms with van der Waals surface area (Å²) in [4.78, 5) is 12.2. The lowest BCUT2D eigenvalue weighted by molar-refractivity contribution is -0.139. The fraction of sp³-hybridized carbons (Fsp3) is 0.947. The second kappa shape index (κ2) is 6.11. The van der Waals surface area contributed by atoms with Crippen LogP contribution in [0.2, 0.25) is 0 Å². The van der Waals surface area contributed by atoms with E-state index in [1.54, 1.807) is 0 Å². The number of hydrogen-bond acceptors (Lipinski definition) is 2. The third-order valence-corrected chi connectivity index (χ3v) is 10.2. The number of amides is 1. The zero-order valence-electron chi connectivity index (χ0n) is 15.5. The van der Waals surface area contributed by atoms with Gasteiger partial charge in [0, 0.05) is 12.1 Å². The topological polar surface area (TPSA) is 38.3 Å². The molecule has 5 heteroatoms. The van der Waals surface area contributed by atoms with Crippen LogP contribution in [-0.2, 0) is 8.58 Å². The molecule has 0 bridgehead atoms. The van der Waals surface area contributed by atoms with Gasteiger partial charge in [0.25, 0.3) is 0 Å². The van der Waals surface area contributed by atoms with Gasteiger partial charge in [-0.1, -0.05) is 43.4 Å². The van der Waals surface area contributed by atoms with Crippen molar-refractivity contribution in [2.45, 2.75) is 75.4 Å². The molecule has 1 N–H and O–H groups in total. The standard InChI is InChI=1S/C19H29INO2.Al.2H/c1-10-6-15-19(3,9-14(20)17(23)21-15)12-4-5-18(2)8-11(22)7-13(18)16(10)12;;;/h10-16H,4-9H2,1-3H3,(H,21,23);;;/q-1;+1;;/t10-,11-,12?,13?,14+,15+,16?,18+,19+;;;/m0.../s1. The number of halogens is 1. The third-order valence-electron chi connectivity index (χ3n) is 8.52. The maximum atomic E-state index is 12.2. The minimum absolute atomic E-state index is 0.146. The van der Waals surface area contributed by atoms with Crippen LogP contribution in [0.15, 0.2) is 0 Å². The summed E-state index contributed by atoms with van der Waals surface area (Å²) in [6, 6.07) is 0.392. The van der Waals surface area contributed by atoms with Crippen LogP contribution in [-0.4, -0.2) is 38.6 Å². The lowest BCUT2D eigenvalue weighted by Crippen LogP contribution is -2.64. The van der Waals surface area contributed by atoms with Gasteiger partial charge in [0.2, 0.25) is 5.91 Å². The number of fused-ring (bicyclic) bond motifs is 5. The first-order chi connectivity index (χ1) is 11.3. The molecule has 3 unspecified atom stereocenters. The van der Waals surface area contributed by atoms with Gasteiger partial charge in [0.15, 0.2) is 0 Å². The van der Waals surface area contributed by atoms with Crippen LogP contribution >= 0.6 is 22.6 Å². The average Bonchev–Trinajstić information content (AvgIpc) is 2.87. The summed E-state index contributed by atoms with van der Waals surface area (Å²) in [5.41, 5.74) is 0.785. The number of carbonyl (C=O) groups excluding carboxylic acids is 1. The van der Waals surface area contributed by atoms with Gasteiger partial charge in [-0.3, -0.25) is 4.79 Å². The van der Waals surface area contributed by atoms with Gasteiger partial charge in [-0.05, 0) is 73.0 Å². The van der Waals surface area contributed by atoms with Gasteiger partial charge in [-0.15, -0.1) is 0 Å². The Morgan fingerprint density at radius 1 is 1.25 bits per heavy atom. The molecule has 1 saturated heterocycles. The fourth-order valence-electron chi connectivity index (χ4n) is 7.25. The predicted octanol–water partition coefficient (Wildman–Crippen LogP) is 3.10. The maximum Gasteiger partial charge on any atom is 0.410 e. The Balaban J connectivity index is 1.67. The van der Waals surface area contributed by atoms with E-state index in [9.17, 15) is 4.79 Å². The number of piperidine rings is 1. The first-order valence-corrected chi connectivity index (χ1v) is 11.8. The second-order valence-corrected chi connectivity index (χ2v) is 11.7. The number of alkyl halides is 1. The van der Waals surface area contributed by atoms with Crippen molar-refractivity contribution in [1.82, 2.24) is 5.32 Å². The van der Waals surface area contributed by atoms with Crippen molar-refractivity contribution < 1.29 is 8.58 Å². The normalized spacial score (nSPS) is 56.8. The molecule has 3 aliphatic carbocycles. The summed E-state index contributed by atoms with van der Waals surface area (Å²) in [6.07, 6.45) is 8.03. The molecule has 3 saturated carbocycles. The van der Waals surface area contributed by atoms with Crippen molar-refractivity contribution in [2.75, 3.05) is 0 Å². The van der Waals surface area contributed by atoms with Gasteiger partial charge < -0.3 is 9.11 Å². The van der Waals surface area contributed by atoms with Crippen LogP contribution in [0.5, 0.6) is 0 Å². The Hall–Kier alpha value is 0.692. The lowest BCUT2D eigenvalue weighted by atomic mass is 9.45. The van der Waals surface area contributed by atoms with Crippen LogP contribution in [0, 0.1) is 34.5 Å². The average molecular weight is 459 g/mol. The molecule has 0 aromatic heterocycles. The molecule has 1 amide bonds. The Morgan fingerprint density at radius 3 is 2.71 bits per heavy atom. The van der Waals surface area contributed by atoms with E-state index in [0.29, 0.717) is 17.6 Å². The van der Waals surface area contributed by atoms with Gasteiger partial charge in [-0.2, -0.15) is 0 Å².